The fourth-order valence-electron chi connectivity index (χ4n) is 1.62. The Morgan fingerprint density at radius 1 is 1.53 bits per heavy atom. The summed E-state index contributed by atoms with van der Waals surface area (Å²) >= 11 is 0. The number of aromatic carboxylic acids is 1. The minimum Gasteiger partial charge on any atom is -0.478 e. The smallest absolute Gasteiger partial charge is 0.335 e. The third-order valence-corrected chi connectivity index (χ3v) is 3.28. The van der Waals surface area contributed by atoms with E-state index < -0.39 is 5.97 Å². The highest BCUT2D eigenvalue weighted by molar-refractivity contribution is 5.88. The van der Waals surface area contributed by atoms with Crippen molar-refractivity contribution in [2.45, 2.75) is 32.6 Å². The molecule has 0 radical (unpaired) electrons. The number of pyridine rings is 1. The molecule has 0 saturated heterocycles. The zero-order chi connectivity index (χ0) is 12.6. The van der Waals surface area contributed by atoms with E-state index >= 15 is 0 Å². The minimum absolute atomic E-state index is 0.00933. The number of hydrogen-bond donors (Lipinski definition) is 1. The Balaban J connectivity index is 2.54. The predicted molar refractivity (Wildman–Crippen MR) is 65.5 cm³/mol. The molecule has 1 N–H and O–H groups in total. The van der Waals surface area contributed by atoms with E-state index in [4.69, 9.17) is 5.11 Å². The zero-order valence-electron chi connectivity index (χ0n) is 10.3. The highest BCUT2D eigenvalue weighted by atomic mass is 16.4. The largest absolute Gasteiger partial charge is 0.478 e. The monoisotopic (exact) mass is 232 g/mol. The standard InChI is InChI=1S/C13H16N2O2/c1-4-13(2,3)10-8-15-6-5-9(12(16)17)7-11(15)14-10/h5-8H,4H2,1-3H3,(H,16,17). The first kappa shape index (κ1) is 11.6. The van der Waals surface area contributed by atoms with Gasteiger partial charge in [-0.15, -0.1) is 0 Å². The first-order valence-corrected chi connectivity index (χ1v) is 5.66. The van der Waals surface area contributed by atoms with Gasteiger partial charge in [0, 0.05) is 17.8 Å². The number of carboxylic acid groups (broad SMARTS) is 1. The molecule has 0 bridgehead atoms. The van der Waals surface area contributed by atoms with Crippen LogP contribution in [0.2, 0.25) is 0 Å². The highest BCUT2D eigenvalue weighted by Crippen LogP contribution is 2.26. The van der Waals surface area contributed by atoms with E-state index in [2.05, 4.69) is 25.8 Å². The SMILES string of the molecule is CCC(C)(C)c1cn2ccc(C(=O)O)cc2n1. The molecule has 0 fully saturated rings. The van der Waals surface area contributed by atoms with E-state index in [-0.39, 0.29) is 11.0 Å². The Labute approximate surface area is 99.9 Å². The molecule has 2 rings (SSSR count). The van der Waals surface area contributed by atoms with Gasteiger partial charge in [0.2, 0.25) is 0 Å². The maximum atomic E-state index is 10.9. The average molecular weight is 232 g/mol. The number of carbonyl (C=O) groups is 1. The molecule has 90 valence electrons. The van der Waals surface area contributed by atoms with Crippen molar-refractivity contribution < 1.29 is 9.90 Å². The van der Waals surface area contributed by atoms with Crippen LogP contribution in [0.3, 0.4) is 0 Å². The van der Waals surface area contributed by atoms with Gasteiger partial charge in [-0.3, -0.25) is 0 Å². The lowest BCUT2D eigenvalue weighted by molar-refractivity contribution is 0.0697. The zero-order valence-corrected chi connectivity index (χ0v) is 10.3. The van der Waals surface area contributed by atoms with Gasteiger partial charge in [-0.2, -0.15) is 0 Å². The summed E-state index contributed by atoms with van der Waals surface area (Å²) in [4.78, 5) is 15.4. The van der Waals surface area contributed by atoms with Crippen molar-refractivity contribution in [3.8, 4) is 0 Å². The Morgan fingerprint density at radius 2 is 2.24 bits per heavy atom. The first-order valence-electron chi connectivity index (χ1n) is 5.66. The lowest BCUT2D eigenvalue weighted by atomic mass is 9.87. The van der Waals surface area contributed by atoms with Crippen molar-refractivity contribution in [2.75, 3.05) is 0 Å². The highest BCUT2D eigenvalue weighted by Gasteiger charge is 2.21. The number of carboxylic acids is 1. The van der Waals surface area contributed by atoms with Gasteiger partial charge in [-0.05, 0) is 18.6 Å². The molecule has 0 amide bonds. The van der Waals surface area contributed by atoms with Crippen molar-refractivity contribution in [3.63, 3.8) is 0 Å². The third-order valence-electron chi connectivity index (χ3n) is 3.28. The van der Waals surface area contributed by atoms with Gasteiger partial charge in [-0.25, -0.2) is 9.78 Å². The summed E-state index contributed by atoms with van der Waals surface area (Å²) < 4.78 is 1.86. The van der Waals surface area contributed by atoms with Crippen LogP contribution in [0, 0.1) is 0 Å². The molecule has 4 heteroatoms. The summed E-state index contributed by atoms with van der Waals surface area (Å²) in [6, 6.07) is 3.18. The first-order chi connectivity index (χ1) is 7.94. The van der Waals surface area contributed by atoms with Crippen LogP contribution in [-0.4, -0.2) is 20.5 Å². The molecule has 0 aliphatic carbocycles. The van der Waals surface area contributed by atoms with Crippen LogP contribution in [0.25, 0.3) is 5.65 Å². The Bertz CT molecular complexity index is 570. The van der Waals surface area contributed by atoms with Crippen LogP contribution in [0.1, 0.15) is 43.2 Å². The van der Waals surface area contributed by atoms with E-state index in [1.54, 1.807) is 18.3 Å². The van der Waals surface area contributed by atoms with Crippen molar-refractivity contribution >= 4 is 11.6 Å². The summed E-state index contributed by atoms with van der Waals surface area (Å²) in [6.45, 7) is 6.38. The summed E-state index contributed by atoms with van der Waals surface area (Å²) in [6.07, 6.45) is 4.69. The fraction of sp³-hybridized carbons (Fsp3) is 0.385. The molecular weight excluding hydrogens is 216 g/mol. The second kappa shape index (κ2) is 3.87. The molecule has 0 unspecified atom stereocenters. The van der Waals surface area contributed by atoms with Crippen LogP contribution in [0.5, 0.6) is 0 Å². The average Bonchev–Trinajstić information content (AvgIpc) is 2.72. The molecule has 0 saturated carbocycles. The molecular formula is C13H16N2O2. The van der Waals surface area contributed by atoms with Crippen LogP contribution < -0.4 is 0 Å². The Hall–Kier alpha value is -1.84. The predicted octanol–water partition coefficient (Wildman–Crippen LogP) is 2.72. The van der Waals surface area contributed by atoms with Gasteiger partial charge < -0.3 is 9.51 Å². The van der Waals surface area contributed by atoms with Gasteiger partial charge in [-0.1, -0.05) is 20.8 Å². The van der Waals surface area contributed by atoms with E-state index in [1.165, 1.54) is 0 Å². The van der Waals surface area contributed by atoms with Crippen LogP contribution >= 0.6 is 0 Å². The molecule has 2 aromatic rings. The van der Waals surface area contributed by atoms with Gasteiger partial charge >= 0.3 is 5.97 Å². The number of hydrogen-bond acceptors (Lipinski definition) is 2. The van der Waals surface area contributed by atoms with E-state index in [0.29, 0.717) is 5.65 Å². The number of imidazole rings is 1. The van der Waals surface area contributed by atoms with Gasteiger partial charge in [0.15, 0.2) is 0 Å². The third kappa shape index (κ3) is 2.02. The topological polar surface area (TPSA) is 54.6 Å². The Morgan fingerprint density at radius 3 is 2.82 bits per heavy atom. The fourth-order valence-corrected chi connectivity index (χ4v) is 1.62. The normalized spacial score (nSPS) is 11.9. The molecule has 4 nitrogen and oxygen atoms in total. The van der Waals surface area contributed by atoms with Crippen molar-refractivity contribution in [1.82, 2.24) is 9.38 Å². The van der Waals surface area contributed by atoms with E-state index in [9.17, 15) is 4.79 Å². The summed E-state index contributed by atoms with van der Waals surface area (Å²) in [5, 5.41) is 8.92. The second-order valence-electron chi connectivity index (χ2n) is 4.85. The number of nitrogens with zero attached hydrogens (tertiary/aromatic N) is 2. The molecule has 0 aliphatic heterocycles. The molecule has 0 spiro atoms. The quantitative estimate of drug-likeness (QED) is 0.885. The van der Waals surface area contributed by atoms with Crippen molar-refractivity contribution in [3.05, 3.63) is 35.8 Å². The van der Waals surface area contributed by atoms with Crippen LogP contribution in [0.4, 0.5) is 0 Å². The number of fused-ring (bicyclic) bond motifs is 1. The molecule has 17 heavy (non-hydrogen) atoms. The van der Waals surface area contributed by atoms with Crippen molar-refractivity contribution in [2.24, 2.45) is 0 Å². The molecule has 0 atom stereocenters. The van der Waals surface area contributed by atoms with Gasteiger partial charge in [0.1, 0.15) is 5.65 Å². The van der Waals surface area contributed by atoms with Gasteiger partial charge in [0.25, 0.3) is 0 Å². The minimum atomic E-state index is -0.924. The molecule has 2 heterocycles. The van der Waals surface area contributed by atoms with Crippen LogP contribution in [-0.2, 0) is 5.41 Å². The summed E-state index contributed by atoms with van der Waals surface area (Å²) in [5.74, 6) is -0.924. The lowest BCUT2D eigenvalue weighted by Gasteiger charge is -2.19. The van der Waals surface area contributed by atoms with E-state index in [1.807, 2.05) is 10.6 Å². The Kier molecular flexibility index (Phi) is 2.65. The summed E-state index contributed by atoms with van der Waals surface area (Å²) in [5.41, 5.74) is 1.95. The number of aromatic nitrogens is 2. The summed E-state index contributed by atoms with van der Waals surface area (Å²) in [7, 11) is 0. The van der Waals surface area contributed by atoms with Gasteiger partial charge in [0.05, 0.1) is 11.3 Å². The molecule has 2 aromatic heterocycles. The maximum absolute atomic E-state index is 10.9. The molecule has 0 aliphatic rings. The maximum Gasteiger partial charge on any atom is 0.335 e. The lowest BCUT2D eigenvalue weighted by Crippen LogP contribution is -2.15. The second-order valence-corrected chi connectivity index (χ2v) is 4.85. The molecule has 0 aromatic carbocycles. The van der Waals surface area contributed by atoms with Crippen molar-refractivity contribution in [1.29, 1.82) is 0 Å². The van der Waals surface area contributed by atoms with Crippen LogP contribution in [0.15, 0.2) is 24.5 Å². The van der Waals surface area contributed by atoms with E-state index in [0.717, 1.165) is 12.1 Å². The number of rotatable bonds is 3.